The van der Waals surface area contributed by atoms with Crippen LogP contribution in [0.3, 0.4) is 0 Å². The van der Waals surface area contributed by atoms with Crippen LogP contribution in [0.4, 0.5) is 0 Å². The minimum Gasteiger partial charge on any atom is -0.516 e. The van der Waals surface area contributed by atoms with E-state index in [4.69, 9.17) is 13.3 Å². The molecule has 0 fully saturated rings. The van der Waals surface area contributed by atoms with Crippen molar-refractivity contribution < 1.29 is 27.7 Å². The van der Waals surface area contributed by atoms with Gasteiger partial charge in [0, 0.05) is 0 Å². The van der Waals surface area contributed by atoms with Gasteiger partial charge in [0.25, 0.3) is 0 Å². The van der Waals surface area contributed by atoms with E-state index in [1.165, 1.54) is 6.07 Å². The molecule has 6 nitrogen and oxygen atoms in total. The summed E-state index contributed by atoms with van der Waals surface area (Å²) in [6, 6.07) is 1.39. The second kappa shape index (κ2) is 7.79. The van der Waals surface area contributed by atoms with Crippen LogP contribution in [0.15, 0.2) is 6.07 Å². The van der Waals surface area contributed by atoms with Crippen molar-refractivity contribution in [3.05, 3.63) is 21.4 Å². The molecule has 0 N–H and O–H groups in total. The molecule has 10 heteroatoms. The van der Waals surface area contributed by atoms with Crippen LogP contribution >= 0.6 is 11.3 Å². The van der Waals surface area contributed by atoms with Crippen LogP contribution < -0.4 is 0 Å². The Morgan fingerprint density at radius 1 is 0.692 bits per heavy atom. The lowest BCUT2D eigenvalue weighted by molar-refractivity contribution is 0.0684. The number of hydrogen-bond donors (Lipinski definition) is 0. The predicted octanol–water partition coefficient (Wildman–Crippen LogP) is 4.72. The fourth-order valence-electron chi connectivity index (χ4n) is 1.78. The first-order valence-corrected chi connectivity index (χ1v) is 19.4. The topological polar surface area (TPSA) is 78.9 Å². The van der Waals surface area contributed by atoms with Crippen LogP contribution in [0.2, 0.25) is 58.9 Å². The van der Waals surface area contributed by atoms with E-state index in [0.717, 1.165) is 11.3 Å². The molecule has 1 aromatic rings. The highest BCUT2D eigenvalue weighted by atomic mass is 32.1. The molecule has 0 amide bonds. The fraction of sp³-hybridized carbons (Fsp3) is 0.562. The highest BCUT2D eigenvalue weighted by molar-refractivity contribution is 7.16. The first-order chi connectivity index (χ1) is 11.5. The number of carbonyl (C=O) groups is 3. The van der Waals surface area contributed by atoms with Crippen molar-refractivity contribution in [2.24, 2.45) is 0 Å². The molecule has 0 saturated carbocycles. The van der Waals surface area contributed by atoms with Gasteiger partial charge in [-0.25, -0.2) is 14.4 Å². The van der Waals surface area contributed by atoms with E-state index in [1.807, 2.05) is 58.9 Å². The van der Waals surface area contributed by atoms with E-state index in [2.05, 4.69) is 0 Å². The normalized spacial score (nSPS) is 12.5. The van der Waals surface area contributed by atoms with Gasteiger partial charge in [-0.2, -0.15) is 0 Å². The van der Waals surface area contributed by atoms with E-state index in [0.29, 0.717) is 0 Å². The Bertz CT molecular complexity index is 662. The Morgan fingerprint density at radius 3 is 1.50 bits per heavy atom. The molecule has 0 atom stereocenters. The maximum absolute atomic E-state index is 12.6. The minimum absolute atomic E-state index is 0.0724. The third kappa shape index (κ3) is 7.56. The van der Waals surface area contributed by atoms with E-state index in [9.17, 15) is 14.4 Å². The molecular weight excluding hydrogens is 404 g/mol. The molecule has 26 heavy (non-hydrogen) atoms. The maximum Gasteiger partial charge on any atom is 0.335 e. The molecule has 0 aliphatic carbocycles. The van der Waals surface area contributed by atoms with Crippen molar-refractivity contribution >= 4 is 54.2 Å². The average Bonchev–Trinajstić information content (AvgIpc) is 2.77. The zero-order chi connectivity index (χ0) is 20.5. The van der Waals surface area contributed by atoms with Gasteiger partial charge in [-0.3, -0.25) is 0 Å². The van der Waals surface area contributed by atoms with Crippen LogP contribution in [0.25, 0.3) is 0 Å². The highest BCUT2D eigenvalue weighted by Gasteiger charge is 2.32. The molecule has 0 aliphatic rings. The van der Waals surface area contributed by atoms with Crippen molar-refractivity contribution in [2.45, 2.75) is 58.9 Å². The summed E-state index contributed by atoms with van der Waals surface area (Å²) < 4.78 is 16.5. The van der Waals surface area contributed by atoms with Gasteiger partial charge < -0.3 is 13.3 Å². The van der Waals surface area contributed by atoms with Crippen LogP contribution in [-0.4, -0.2) is 42.9 Å². The van der Waals surface area contributed by atoms with Gasteiger partial charge in [0.05, 0.1) is 5.56 Å². The Hall–Kier alpha value is -1.24. The Morgan fingerprint density at radius 2 is 1.08 bits per heavy atom. The smallest absolute Gasteiger partial charge is 0.335 e. The molecule has 0 unspecified atom stereocenters. The average molecular weight is 433 g/mol. The summed E-state index contributed by atoms with van der Waals surface area (Å²) in [6.45, 7) is 16.9. The lowest BCUT2D eigenvalue weighted by atomic mass is 10.2. The van der Waals surface area contributed by atoms with Gasteiger partial charge in [-0.15, -0.1) is 11.3 Å². The third-order valence-electron chi connectivity index (χ3n) is 2.54. The van der Waals surface area contributed by atoms with Crippen LogP contribution in [-0.2, 0) is 13.3 Å². The monoisotopic (exact) mass is 432 g/mol. The highest BCUT2D eigenvalue weighted by Crippen LogP contribution is 2.28. The minimum atomic E-state index is -2.16. The van der Waals surface area contributed by atoms with Crippen molar-refractivity contribution in [3.8, 4) is 0 Å². The molecule has 146 valence electrons. The van der Waals surface area contributed by atoms with E-state index >= 15 is 0 Å². The molecule has 0 bridgehead atoms. The summed E-state index contributed by atoms with van der Waals surface area (Å²) in [6.07, 6.45) is 0. The maximum atomic E-state index is 12.6. The number of rotatable bonds is 6. The van der Waals surface area contributed by atoms with E-state index in [-0.39, 0.29) is 15.3 Å². The Labute approximate surface area is 162 Å². The quantitative estimate of drug-likeness (QED) is 0.605. The number of carbonyl (C=O) groups excluding carboxylic acids is 3. The second-order valence-electron chi connectivity index (χ2n) is 8.86. The van der Waals surface area contributed by atoms with Crippen molar-refractivity contribution in [2.75, 3.05) is 0 Å². The number of hydrogen-bond acceptors (Lipinski definition) is 7. The van der Waals surface area contributed by atoms with Crippen molar-refractivity contribution in [3.63, 3.8) is 0 Å². The van der Waals surface area contributed by atoms with Crippen molar-refractivity contribution in [1.29, 1.82) is 0 Å². The van der Waals surface area contributed by atoms with Crippen LogP contribution in [0, 0.1) is 0 Å². The first kappa shape index (κ1) is 22.8. The zero-order valence-corrected chi connectivity index (χ0v) is 20.8. The third-order valence-corrected chi connectivity index (χ3v) is 6.02. The molecule has 1 aromatic heterocycles. The van der Waals surface area contributed by atoms with Gasteiger partial charge in [-0.1, -0.05) is 0 Å². The molecule has 0 spiro atoms. The van der Waals surface area contributed by atoms with Gasteiger partial charge in [0.1, 0.15) is 9.75 Å². The summed E-state index contributed by atoms with van der Waals surface area (Å²) in [4.78, 5) is 37.8. The molecule has 0 radical (unpaired) electrons. The second-order valence-corrected chi connectivity index (χ2v) is 23.2. The van der Waals surface area contributed by atoms with E-state index in [1.54, 1.807) is 0 Å². The summed E-state index contributed by atoms with van der Waals surface area (Å²) >= 11 is 0.921. The fourth-order valence-corrected chi connectivity index (χ4v) is 4.82. The lowest BCUT2D eigenvalue weighted by Crippen LogP contribution is -2.31. The van der Waals surface area contributed by atoms with E-state index < -0.39 is 42.9 Å². The molecule has 1 rings (SSSR count). The largest absolute Gasteiger partial charge is 0.516 e. The first-order valence-electron chi connectivity index (χ1n) is 8.32. The molecular formula is C16H28O6SSi3. The molecule has 0 aromatic carbocycles. The van der Waals surface area contributed by atoms with Gasteiger partial charge >= 0.3 is 17.9 Å². The summed E-state index contributed by atoms with van der Waals surface area (Å²) in [5.74, 6) is -1.72. The van der Waals surface area contributed by atoms with Gasteiger partial charge in [0.15, 0.2) is 0 Å². The Kier molecular flexibility index (Phi) is 6.83. The summed E-state index contributed by atoms with van der Waals surface area (Å²) in [7, 11) is -6.42. The summed E-state index contributed by atoms with van der Waals surface area (Å²) in [5.41, 5.74) is 0.0724. The molecule has 0 aliphatic heterocycles. The van der Waals surface area contributed by atoms with Crippen molar-refractivity contribution in [1.82, 2.24) is 0 Å². The lowest BCUT2D eigenvalue weighted by Gasteiger charge is -2.19. The predicted molar refractivity (Wildman–Crippen MR) is 111 cm³/mol. The number of thiophene rings is 1. The SMILES string of the molecule is C[Si](C)(C)OC(=O)c1cc(C(=O)O[Si](C)(C)C)c(C(=O)O[Si](C)(C)C)s1. The zero-order valence-electron chi connectivity index (χ0n) is 16.9. The van der Waals surface area contributed by atoms with Crippen LogP contribution in [0.5, 0.6) is 0 Å². The molecule has 0 saturated heterocycles. The summed E-state index contributed by atoms with van der Waals surface area (Å²) in [5, 5.41) is 0. The standard InChI is InChI=1S/C16H28O6SSi3/c1-24(2,3)20-14(17)11-10-12(15(18)21-25(4,5)6)23-13(11)16(19)22-26(7,8)9/h10H,1-9H3. The van der Waals surface area contributed by atoms with Crippen LogP contribution in [0.1, 0.15) is 29.7 Å². The van der Waals surface area contributed by atoms with Gasteiger partial charge in [0.2, 0.25) is 25.0 Å². The van der Waals surface area contributed by atoms with Gasteiger partial charge in [-0.05, 0) is 65.0 Å². The molecule has 1 heterocycles. The Balaban J connectivity index is 3.30.